The first-order chi connectivity index (χ1) is 9.15. The van der Waals surface area contributed by atoms with Crippen LogP contribution in [0.5, 0.6) is 0 Å². The molecule has 1 aromatic rings. The number of nitrogens with zero attached hydrogens (tertiary/aromatic N) is 2. The van der Waals surface area contributed by atoms with Gasteiger partial charge in [0.05, 0.1) is 0 Å². The maximum atomic E-state index is 5.40. The molecule has 1 saturated carbocycles. The van der Waals surface area contributed by atoms with E-state index in [4.69, 9.17) is 4.74 Å². The Morgan fingerprint density at radius 2 is 2.00 bits per heavy atom. The van der Waals surface area contributed by atoms with E-state index in [-0.39, 0.29) is 5.54 Å². The first kappa shape index (κ1) is 14.1. The van der Waals surface area contributed by atoms with Gasteiger partial charge in [-0.2, -0.15) is 0 Å². The molecule has 0 radical (unpaired) electrons. The van der Waals surface area contributed by atoms with Gasteiger partial charge >= 0.3 is 0 Å². The molecule has 2 N–H and O–H groups in total. The third-order valence-corrected chi connectivity index (χ3v) is 3.19. The van der Waals surface area contributed by atoms with Gasteiger partial charge < -0.3 is 15.4 Å². The Hall–Kier alpha value is -1.36. The number of hydrogen-bond donors (Lipinski definition) is 2. The Bertz CT molecular complexity index is 392. The first-order valence-corrected chi connectivity index (χ1v) is 7.13. The lowest BCUT2D eigenvalue weighted by molar-refractivity contribution is 0.128. The van der Waals surface area contributed by atoms with Crippen molar-refractivity contribution in [2.45, 2.75) is 52.2 Å². The van der Waals surface area contributed by atoms with Gasteiger partial charge in [-0.25, -0.2) is 9.97 Å². The highest BCUT2D eigenvalue weighted by Gasteiger charge is 2.37. The maximum absolute atomic E-state index is 5.40. The molecule has 1 fully saturated rings. The fourth-order valence-electron chi connectivity index (χ4n) is 1.78. The van der Waals surface area contributed by atoms with Crippen LogP contribution >= 0.6 is 0 Å². The van der Waals surface area contributed by atoms with Crippen LogP contribution in [0.1, 0.15) is 45.9 Å². The predicted molar refractivity (Wildman–Crippen MR) is 77.4 cm³/mol. The van der Waals surface area contributed by atoms with Crippen LogP contribution in [0.25, 0.3) is 0 Å². The van der Waals surface area contributed by atoms with Gasteiger partial charge in [-0.05, 0) is 33.1 Å². The number of anilines is 2. The van der Waals surface area contributed by atoms with Crippen LogP contribution in [0.15, 0.2) is 6.07 Å². The molecule has 0 bridgehead atoms. The van der Waals surface area contributed by atoms with Crippen molar-refractivity contribution in [3.05, 3.63) is 11.9 Å². The fourth-order valence-corrected chi connectivity index (χ4v) is 1.78. The topological polar surface area (TPSA) is 59.1 Å². The minimum absolute atomic E-state index is 0.221. The molecule has 1 aliphatic carbocycles. The minimum Gasteiger partial charge on any atom is -0.374 e. The van der Waals surface area contributed by atoms with Crippen molar-refractivity contribution in [2.75, 3.05) is 23.8 Å². The molecule has 0 aliphatic heterocycles. The van der Waals surface area contributed by atoms with Gasteiger partial charge in [0.15, 0.2) is 5.82 Å². The van der Waals surface area contributed by atoms with Crippen molar-refractivity contribution < 1.29 is 4.74 Å². The molecule has 19 heavy (non-hydrogen) atoms. The SMILES string of the molecule is CCCNc1cc(NC2(C)CC2)nc(COCC)n1. The Kier molecular flexibility index (Phi) is 4.58. The Labute approximate surface area is 115 Å². The predicted octanol–water partition coefficient (Wildman–Crippen LogP) is 2.80. The lowest BCUT2D eigenvalue weighted by Crippen LogP contribution is -2.18. The van der Waals surface area contributed by atoms with Gasteiger partial charge in [0.2, 0.25) is 0 Å². The number of hydrogen-bond acceptors (Lipinski definition) is 5. The zero-order valence-corrected chi connectivity index (χ0v) is 12.1. The highest BCUT2D eigenvalue weighted by Crippen LogP contribution is 2.37. The van der Waals surface area contributed by atoms with E-state index < -0.39 is 0 Å². The molecule has 0 saturated heterocycles. The second kappa shape index (κ2) is 6.19. The van der Waals surface area contributed by atoms with Crippen LogP contribution < -0.4 is 10.6 Å². The van der Waals surface area contributed by atoms with Gasteiger partial charge in [0.1, 0.15) is 18.2 Å². The van der Waals surface area contributed by atoms with E-state index in [0.717, 1.165) is 30.4 Å². The summed E-state index contributed by atoms with van der Waals surface area (Å²) in [5.74, 6) is 2.50. The third kappa shape index (κ3) is 4.35. The lowest BCUT2D eigenvalue weighted by Gasteiger charge is -2.15. The molecule has 106 valence electrons. The summed E-state index contributed by atoms with van der Waals surface area (Å²) < 4.78 is 5.40. The van der Waals surface area contributed by atoms with E-state index in [9.17, 15) is 0 Å². The van der Waals surface area contributed by atoms with Crippen LogP contribution in [-0.4, -0.2) is 28.7 Å². The van der Waals surface area contributed by atoms with E-state index in [1.165, 1.54) is 12.8 Å². The number of nitrogens with one attached hydrogen (secondary N) is 2. The Balaban J connectivity index is 2.10. The maximum Gasteiger partial charge on any atom is 0.158 e. The van der Waals surface area contributed by atoms with Gasteiger partial charge in [-0.3, -0.25) is 0 Å². The molecule has 1 heterocycles. The van der Waals surface area contributed by atoms with Gasteiger partial charge in [-0.15, -0.1) is 0 Å². The van der Waals surface area contributed by atoms with E-state index >= 15 is 0 Å². The smallest absolute Gasteiger partial charge is 0.158 e. The summed E-state index contributed by atoms with van der Waals surface area (Å²) in [4.78, 5) is 8.99. The Morgan fingerprint density at radius 3 is 2.63 bits per heavy atom. The highest BCUT2D eigenvalue weighted by molar-refractivity contribution is 5.49. The number of ether oxygens (including phenoxy) is 1. The zero-order valence-electron chi connectivity index (χ0n) is 12.1. The third-order valence-electron chi connectivity index (χ3n) is 3.19. The van der Waals surface area contributed by atoms with Gasteiger partial charge in [0.25, 0.3) is 0 Å². The first-order valence-electron chi connectivity index (χ1n) is 7.13. The van der Waals surface area contributed by atoms with Crippen LogP contribution in [0.2, 0.25) is 0 Å². The van der Waals surface area contributed by atoms with Crippen molar-refractivity contribution in [1.82, 2.24) is 9.97 Å². The highest BCUT2D eigenvalue weighted by atomic mass is 16.5. The summed E-state index contributed by atoms with van der Waals surface area (Å²) in [6, 6.07) is 1.98. The van der Waals surface area contributed by atoms with Crippen LogP contribution in [-0.2, 0) is 11.3 Å². The average Bonchev–Trinajstić information content (AvgIpc) is 3.11. The minimum atomic E-state index is 0.221. The summed E-state index contributed by atoms with van der Waals surface area (Å²) in [5, 5.41) is 6.79. The molecule has 0 amide bonds. The summed E-state index contributed by atoms with van der Waals surface area (Å²) >= 11 is 0. The quantitative estimate of drug-likeness (QED) is 0.756. The monoisotopic (exact) mass is 264 g/mol. The molecule has 0 unspecified atom stereocenters. The molecule has 5 heteroatoms. The van der Waals surface area contributed by atoms with Crippen molar-refractivity contribution in [3.8, 4) is 0 Å². The fraction of sp³-hybridized carbons (Fsp3) is 0.714. The molecule has 1 aromatic heterocycles. The second-order valence-electron chi connectivity index (χ2n) is 5.30. The molecule has 5 nitrogen and oxygen atoms in total. The van der Waals surface area contributed by atoms with Crippen molar-refractivity contribution in [3.63, 3.8) is 0 Å². The number of aromatic nitrogens is 2. The second-order valence-corrected chi connectivity index (χ2v) is 5.30. The van der Waals surface area contributed by atoms with E-state index in [1.54, 1.807) is 0 Å². The van der Waals surface area contributed by atoms with E-state index in [1.807, 2.05) is 13.0 Å². The normalized spacial score (nSPS) is 16.2. The standard InChI is InChI=1S/C14H24N4O/c1-4-8-15-11-9-12(18-14(3)6-7-14)17-13(16-11)10-19-5-2/h9H,4-8,10H2,1-3H3,(H2,15,16,17,18). The summed E-state index contributed by atoms with van der Waals surface area (Å²) in [6.45, 7) is 8.39. The van der Waals surface area contributed by atoms with Crippen LogP contribution in [0.3, 0.4) is 0 Å². The molecular formula is C14H24N4O. The average molecular weight is 264 g/mol. The van der Waals surface area contributed by atoms with E-state index in [2.05, 4.69) is 34.4 Å². The van der Waals surface area contributed by atoms with Crippen LogP contribution in [0.4, 0.5) is 11.6 Å². The van der Waals surface area contributed by atoms with Crippen molar-refractivity contribution in [2.24, 2.45) is 0 Å². The van der Waals surface area contributed by atoms with Gasteiger partial charge in [-0.1, -0.05) is 6.92 Å². The van der Waals surface area contributed by atoms with Crippen LogP contribution in [0, 0.1) is 0 Å². The lowest BCUT2D eigenvalue weighted by atomic mass is 10.3. The van der Waals surface area contributed by atoms with E-state index in [0.29, 0.717) is 13.2 Å². The molecule has 1 aliphatic rings. The molecule has 2 rings (SSSR count). The zero-order chi connectivity index (χ0) is 13.7. The Morgan fingerprint density at radius 1 is 1.26 bits per heavy atom. The van der Waals surface area contributed by atoms with Crippen molar-refractivity contribution >= 4 is 11.6 Å². The molecular weight excluding hydrogens is 240 g/mol. The summed E-state index contributed by atoms with van der Waals surface area (Å²) in [5.41, 5.74) is 0.221. The largest absolute Gasteiger partial charge is 0.374 e. The van der Waals surface area contributed by atoms with Gasteiger partial charge in [0, 0.05) is 24.8 Å². The molecule has 0 spiro atoms. The molecule has 0 atom stereocenters. The molecule has 0 aromatic carbocycles. The summed E-state index contributed by atoms with van der Waals surface area (Å²) in [6.07, 6.45) is 3.48. The summed E-state index contributed by atoms with van der Waals surface area (Å²) in [7, 11) is 0. The number of rotatable bonds is 8. The van der Waals surface area contributed by atoms with Crippen molar-refractivity contribution in [1.29, 1.82) is 0 Å².